The molecule has 0 radical (unpaired) electrons. The molecular formula is C28H29F3O3Si. The van der Waals surface area contributed by atoms with E-state index in [1.54, 1.807) is 6.07 Å². The summed E-state index contributed by atoms with van der Waals surface area (Å²) < 4.78 is 50.6. The van der Waals surface area contributed by atoms with Gasteiger partial charge in [-0.2, -0.15) is 13.2 Å². The number of alkyl halides is 3. The second-order valence-corrected chi connectivity index (χ2v) is 14.2. The molecule has 3 aromatic carbocycles. The highest BCUT2D eigenvalue weighted by atomic mass is 28.4. The van der Waals surface area contributed by atoms with Crippen LogP contribution in [0.1, 0.15) is 38.3 Å². The number of fused-ring (bicyclic) bond motifs is 1. The van der Waals surface area contributed by atoms with Crippen LogP contribution in [-0.4, -0.2) is 26.6 Å². The summed E-state index contributed by atoms with van der Waals surface area (Å²) in [5.41, 5.74) is 1.50. The van der Waals surface area contributed by atoms with Gasteiger partial charge in [0.25, 0.3) is 8.32 Å². The van der Waals surface area contributed by atoms with Crippen LogP contribution in [0, 0.1) is 0 Å². The minimum atomic E-state index is -5.05. The number of halogens is 3. The first kappa shape index (κ1) is 25.2. The summed E-state index contributed by atoms with van der Waals surface area (Å²) in [6.07, 6.45) is -3.55. The molecule has 0 bridgehead atoms. The fourth-order valence-electron chi connectivity index (χ4n) is 5.02. The van der Waals surface area contributed by atoms with E-state index in [0.717, 1.165) is 22.4 Å². The van der Waals surface area contributed by atoms with E-state index in [1.807, 2.05) is 42.5 Å². The molecule has 0 spiro atoms. The quantitative estimate of drug-likeness (QED) is 0.261. The van der Waals surface area contributed by atoms with E-state index in [1.165, 1.54) is 6.07 Å². The molecule has 3 nitrogen and oxygen atoms in total. The zero-order valence-electron chi connectivity index (χ0n) is 20.1. The first-order valence-corrected chi connectivity index (χ1v) is 13.6. The lowest BCUT2D eigenvalue weighted by atomic mass is 9.89. The molecule has 0 saturated heterocycles. The van der Waals surface area contributed by atoms with Gasteiger partial charge in [0.15, 0.2) is 0 Å². The second kappa shape index (κ2) is 9.63. The smallest absolute Gasteiger partial charge is 0.420 e. The molecule has 0 fully saturated rings. The normalized spacial score (nSPS) is 16.5. The van der Waals surface area contributed by atoms with E-state index in [2.05, 4.69) is 45.0 Å². The van der Waals surface area contributed by atoms with Crippen LogP contribution in [0.15, 0.2) is 78.9 Å². The Labute approximate surface area is 205 Å². The Morgan fingerprint density at radius 3 is 1.94 bits per heavy atom. The summed E-state index contributed by atoms with van der Waals surface area (Å²) in [6, 6.07) is 25.4. The number of carbonyl (C=O) groups is 1. The molecule has 35 heavy (non-hydrogen) atoms. The molecule has 0 saturated carbocycles. The maximum atomic E-state index is 12.9. The fourth-order valence-corrected chi connectivity index (χ4v) is 9.73. The molecule has 1 aliphatic rings. The Morgan fingerprint density at radius 1 is 0.857 bits per heavy atom. The van der Waals surface area contributed by atoms with Gasteiger partial charge in [0, 0.05) is 12.0 Å². The predicted octanol–water partition coefficient (Wildman–Crippen LogP) is 5.59. The predicted molar refractivity (Wildman–Crippen MR) is 133 cm³/mol. The molecule has 1 aliphatic carbocycles. The third kappa shape index (κ3) is 5.06. The molecule has 0 aromatic heterocycles. The Kier molecular flexibility index (Phi) is 6.93. The zero-order valence-corrected chi connectivity index (χ0v) is 21.1. The highest BCUT2D eigenvalue weighted by Crippen LogP contribution is 2.40. The monoisotopic (exact) mass is 498 g/mol. The summed E-state index contributed by atoms with van der Waals surface area (Å²) in [5.74, 6) is -2.25. The SMILES string of the molecule is CC(C)(C)[Si](O[C@@H]1CCc2cccc(OC(=O)C(F)(F)F)c2C1)(c1ccccc1)c1ccccc1. The molecule has 7 heteroatoms. The van der Waals surface area contributed by atoms with Crippen molar-refractivity contribution in [3.05, 3.63) is 90.0 Å². The lowest BCUT2D eigenvalue weighted by molar-refractivity contribution is -0.189. The van der Waals surface area contributed by atoms with E-state index >= 15 is 0 Å². The standard InChI is InChI=1S/C28H29F3O3Si/c1-27(2,3)35(22-12-6-4-7-13-22,23-14-8-5-9-15-23)34-21-18-17-20-11-10-16-25(24(20)19-21)33-26(32)28(29,30)31/h4-16,21H,17-19H2,1-3H3/t21-/m1/s1. The summed E-state index contributed by atoms with van der Waals surface area (Å²) in [4.78, 5) is 11.6. The largest absolute Gasteiger partial charge is 0.491 e. The van der Waals surface area contributed by atoms with Gasteiger partial charge in [-0.25, -0.2) is 4.79 Å². The van der Waals surface area contributed by atoms with E-state index in [0.29, 0.717) is 18.4 Å². The highest BCUT2D eigenvalue weighted by molar-refractivity contribution is 6.99. The maximum Gasteiger partial charge on any atom is 0.491 e. The van der Waals surface area contributed by atoms with Crippen LogP contribution < -0.4 is 15.1 Å². The van der Waals surface area contributed by atoms with Gasteiger partial charge < -0.3 is 9.16 Å². The van der Waals surface area contributed by atoms with Crippen molar-refractivity contribution in [3.8, 4) is 5.75 Å². The van der Waals surface area contributed by atoms with Crippen LogP contribution in [0.3, 0.4) is 0 Å². The van der Waals surface area contributed by atoms with Crippen molar-refractivity contribution in [2.75, 3.05) is 0 Å². The van der Waals surface area contributed by atoms with E-state index in [-0.39, 0.29) is 16.9 Å². The molecule has 1 atom stereocenters. The second-order valence-electron chi connectivity index (χ2n) is 9.93. The molecule has 0 N–H and O–H groups in total. The number of hydrogen-bond acceptors (Lipinski definition) is 3. The molecule has 0 amide bonds. The van der Waals surface area contributed by atoms with E-state index in [9.17, 15) is 18.0 Å². The van der Waals surface area contributed by atoms with Crippen LogP contribution >= 0.6 is 0 Å². The lowest BCUT2D eigenvalue weighted by Gasteiger charge is -2.46. The zero-order chi connectivity index (χ0) is 25.3. The molecule has 4 rings (SSSR count). The van der Waals surface area contributed by atoms with Crippen molar-refractivity contribution in [2.45, 2.75) is 57.4 Å². The van der Waals surface area contributed by atoms with E-state index in [4.69, 9.17) is 9.16 Å². The highest BCUT2D eigenvalue weighted by Gasteiger charge is 2.51. The van der Waals surface area contributed by atoms with Crippen molar-refractivity contribution in [3.63, 3.8) is 0 Å². The van der Waals surface area contributed by atoms with Crippen molar-refractivity contribution < 1.29 is 27.1 Å². The van der Waals surface area contributed by atoms with Gasteiger partial charge >= 0.3 is 12.1 Å². The first-order valence-electron chi connectivity index (χ1n) is 11.7. The number of benzene rings is 3. The van der Waals surface area contributed by atoms with Crippen LogP contribution in [0.2, 0.25) is 5.04 Å². The van der Waals surface area contributed by atoms with Gasteiger partial charge in [-0.05, 0) is 39.9 Å². The van der Waals surface area contributed by atoms with Crippen LogP contribution in [-0.2, 0) is 22.1 Å². The van der Waals surface area contributed by atoms with Crippen molar-refractivity contribution in [2.24, 2.45) is 0 Å². The maximum absolute atomic E-state index is 12.9. The van der Waals surface area contributed by atoms with Gasteiger partial charge in [-0.1, -0.05) is 93.6 Å². The van der Waals surface area contributed by atoms with Crippen LogP contribution in [0.4, 0.5) is 13.2 Å². The lowest BCUT2D eigenvalue weighted by Crippen LogP contribution is -2.68. The van der Waals surface area contributed by atoms with Gasteiger partial charge in [0.05, 0.1) is 6.10 Å². The Morgan fingerprint density at radius 2 is 1.43 bits per heavy atom. The van der Waals surface area contributed by atoms with E-state index < -0.39 is 20.5 Å². The van der Waals surface area contributed by atoms with Gasteiger partial charge in [0.1, 0.15) is 5.75 Å². The third-order valence-electron chi connectivity index (χ3n) is 6.59. The van der Waals surface area contributed by atoms with Crippen LogP contribution in [0.5, 0.6) is 5.75 Å². The number of hydrogen-bond donors (Lipinski definition) is 0. The number of rotatable bonds is 5. The van der Waals surface area contributed by atoms with Crippen molar-refractivity contribution >= 4 is 24.7 Å². The average molecular weight is 499 g/mol. The van der Waals surface area contributed by atoms with Gasteiger partial charge in [-0.15, -0.1) is 0 Å². The third-order valence-corrected chi connectivity index (χ3v) is 11.7. The fraction of sp³-hybridized carbons (Fsp3) is 0.321. The number of carbonyl (C=O) groups excluding carboxylic acids is 1. The summed E-state index contributed by atoms with van der Waals surface area (Å²) >= 11 is 0. The Balaban J connectivity index is 1.74. The molecule has 0 aliphatic heterocycles. The minimum Gasteiger partial charge on any atom is -0.420 e. The molecule has 0 unspecified atom stereocenters. The Bertz CT molecular complexity index is 1130. The minimum absolute atomic E-state index is 0.0411. The molecule has 184 valence electrons. The van der Waals surface area contributed by atoms with Crippen molar-refractivity contribution in [1.82, 2.24) is 0 Å². The topological polar surface area (TPSA) is 35.5 Å². The molecular weight excluding hydrogens is 469 g/mol. The summed E-state index contributed by atoms with van der Waals surface area (Å²) in [6.45, 7) is 6.56. The molecule has 0 heterocycles. The van der Waals surface area contributed by atoms with Crippen LogP contribution in [0.25, 0.3) is 0 Å². The van der Waals surface area contributed by atoms with Gasteiger partial charge in [-0.3, -0.25) is 0 Å². The number of aryl methyl sites for hydroxylation is 1. The number of ether oxygens (including phenoxy) is 1. The molecule has 3 aromatic rings. The summed E-state index contributed by atoms with van der Waals surface area (Å²) in [7, 11) is -2.83. The van der Waals surface area contributed by atoms with Crippen molar-refractivity contribution in [1.29, 1.82) is 0 Å². The average Bonchev–Trinajstić information content (AvgIpc) is 2.82. The first-order chi connectivity index (χ1) is 16.5. The number of esters is 1. The van der Waals surface area contributed by atoms with Gasteiger partial charge in [0.2, 0.25) is 0 Å². The Hall–Kier alpha value is -2.90. The summed E-state index contributed by atoms with van der Waals surface area (Å²) in [5, 5.41) is 2.06.